The van der Waals surface area contributed by atoms with Crippen LogP contribution in [-0.4, -0.2) is 51.2 Å². The van der Waals surface area contributed by atoms with Gasteiger partial charge in [-0.3, -0.25) is 4.79 Å². The summed E-state index contributed by atoms with van der Waals surface area (Å²) in [6, 6.07) is 0. The van der Waals surface area contributed by atoms with Gasteiger partial charge in [0.15, 0.2) is 0 Å². The van der Waals surface area contributed by atoms with Crippen molar-refractivity contribution in [2.24, 2.45) is 5.92 Å². The molecule has 102 valence electrons. The third kappa shape index (κ3) is 6.24. The maximum atomic E-state index is 11.9. The summed E-state index contributed by atoms with van der Waals surface area (Å²) in [6.07, 6.45) is 3.90. The van der Waals surface area contributed by atoms with Crippen molar-refractivity contribution in [2.45, 2.75) is 25.7 Å². The summed E-state index contributed by atoms with van der Waals surface area (Å²) in [5.41, 5.74) is 0. The first-order chi connectivity index (χ1) is 7.77. The maximum Gasteiger partial charge on any atom is 0.222 e. The van der Waals surface area contributed by atoms with Gasteiger partial charge in [0.25, 0.3) is 0 Å². The molecular formula is C12H25ClN2O2. The zero-order valence-electron chi connectivity index (χ0n) is 10.9. The van der Waals surface area contributed by atoms with E-state index in [1.54, 1.807) is 7.11 Å². The molecule has 1 rings (SSSR count). The summed E-state index contributed by atoms with van der Waals surface area (Å²) < 4.78 is 5.16. The van der Waals surface area contributed by atoms with E-state index < -0.39 is 0 Å². The Kier molecular flexibility index (Phi) is 9.50. The van der Waals surface area contributed by atoms with Crippen LogP contribution in [0.3, 0.4) is 0 Å². The average molecular weight is 265 g/mol. The number of amides is 1. The quantitative estimate of drug-likeness (QED) is 0.735. The number of likely N-dealkylation sites (tertiary alicyclic amines) is 1. The van der Waals surface area contributed by atoms with Crippen molar-refractivity contribution >= 4 is 18.3 Å². The lowest BCUT2D eigenvalue weighted by Gasteiger charge is -2.32. The van der Waals surface area contributed by atoms with Gasteiger partial charge >= 0.3 is 0 Å². The average Bonchev–Trinajstić information content (AvgIpc) is 2.30. The number of carbonyl (C=O) groups is 1. The van der Waals surface area contributed by atoms with Crippen LogP contribution in [-0.2, 0) is 9.53 Å². The monoisotopic (exact) mass is 264 g/mol. The molecule has 0 radical (unpaired) electrons. The summed E-state index contributed by atoms with van der Waals surface area (Å²) in [4.78, 5) is 13.9. The summed E-state index contributed by atoms with van der Waals surface area (Å²) in [5, 5.41) is 3.06. The zero-order chi connectivity index (χ0) is 11.8. The second-order valence-corrected chi connectivity index (χ2v) is 4.51. The van der Waals surface area contributed by atoms with E-state index in [1.165, 1.54) is 6.42 Å². The van der Waals surface area contributed by atoms with Gasteiger partial charge in [-0.25, -0.2) is 0 Å². The van der Waals surface area contributed by atoms with E-state index in [-0.39, 0.29) is 12.4 Å². The van der Waals surface area contributed by atoms with Crippen molar-refractivity contribution in [1.82, 2.24) is 10.2 Å². The van der Waals surface area contributed by atoms with Gasteiger partial charge in [0, 0.05) is 26.6 Å². The molecule has 0 saturated carbocycles. The van der Waals surface area contributed by atoms with Crippen LogP contribution >= 0.6 is 12.4 Å². The van der Waals surface area contributed by atoms with Gasteiger partial charge in [0.1, 0.15) is 0 Å². The Morgan fingerprint density at radius 3 is 2.94 bits per heavy atom. The van der Waals surface area contributed by atoms with Crippen LogP contribution in [0.15, 0.2) is 0 Å². The van der Waals surface area contributed by atoms with E-state index in [1.807, 2.05) is 11.9 Å². The highest BCUT2D eigenvalue weighted by atomic mass is 35.5. The van der Waals surface area contributed by atoms with E-state index in [9.17, 15) is 4.79 Å². The molecule has 1 unspecified atom stereocenters. The second-order valence-electron chi connectivity index (χ2n) is 4.51. The molecule has 0 aromatic carbocycles. The Morgan fingerprint density at radius 1 is 1.53 bits per heavy atom. The second kappa shape index (κ2) is 9.68. The number of hydrogen-bond acceptors (Lipinski definition) is 3. The van der Waals surface area contributed by atoms with Crippen LogP contribution in [0, 0.1) is 5.92 Å². The lowest BCUT2D eigenvalue weighted by molar-refractivity contribution is -0.133. The molecule has 4 nitrogen and oxygen atoms in total. The van der Waals surface area contributed by atoms with Gasteiger partial charge in [-0.05, 0) is 38.8 Å². The molecule has 1 amide bonds. The summed E-state index contributed by atoms with van der Waals surface area (Å²) in [5.74, 6) is 0.836. The van der Waals surface area contributed by atoms with Crippen LogP contribution in [0.1, 0.15) is 25.7 Å². The zero-order valence-corrected chi connectivity index (χ0v) is 11.7. The molecule has 1 fully saturated rings. The van der Waals surface area contributed by atoms with E-state index >= 15 is 0 Å². The first kappa shape index (κ1) is 16.7. The van der Waals surface area contributed by atoms with Crippen molar-refractivity contribution < 1.29 is 9.53 Å². The van der Waals surface area contributed by atoms with E-state index in [0.717, 1.165) is 39.1 Å². The van der Waals surface area contributed by atoms with Crippen molar-refractivity contribution in [3.8, 4) is 0 Å². The van der Waals surface area contributed by atoms with Gasteiger partial charge in [-0.2, -0.15) is 0 Å². The first-order valence-corrected chi connectivity index (χ1v) is 6.19. The fourth-order valence-electron chi connectivity index (χ4n) is 2.24. The molecule has 1 atom stereocenters. The molecule has 1 heterocycles. The minimum absolute atomic E-state index is 0. The Bertz CT molecular complexity index is 213. The summed E-state index contributed by atoms with van der Waals surface area (Å²) in [6.45, 7) is 3.51. The molecule has 1 saturated heterocycles. The van der Waals surface area contributed by atoms with Crippen molar-refractivity contribution in [3.05, 3.63) is 0 Å². The highest BCUT2D eigenvalue weighted by Gasteiger charge is 2.22. The molecule has 1 aliphatic heterocycles. The number of nitrogens with zero attached hydrogens (tertiary/aromatic N) is 1. The topological polar surface area (TPSA) is 41.6 Å². The van der Waals surface area contributed by atoms with Crippen molar-refractivity contribution in [3.63, 3.8) is 0 Å². The SMILES string of the molecule is CNCCCC(=O)N1CCCC(COC)C1.Cl. The Hall–Kier alpha value is -0.320. The van der Waals surface area contributed by atoms with E-state index in [2.05, 4.69) is 5.32 Å². The van der Waals surface area contributed by atoms with E-state index in [0.29, 0.717) is 18.2 Å². The highest BCUT2D eigenvalue weighted by Crippen LogP contribution is 2.17. The van der Waals surface area contributed by atoms with Crippen LogP contribution in [0.2, 0.25) is 0 Å². The van der Waals surface area contributed by atoms with Crippen LogP contribution in [0.25, 0.3) is 0 Å². The smallest absolute Gasteiger partial charge is 0.222 e. The molecule has 5 heteroatoms. The lowest BCUT2D eigenvalue weighted by atomic mass is 9.98. The van der Waals surface area contributed by atoms with Crippen LogP contribution in [0.5, 0.6) is 0 Å². The predicted molar refractivity (Wildman–Crippen MR) is 71.6 cm³/mol. The number of nitrogens with one attached hydrogen (secondary N) is 1. The fraction of sp³-hybridized carbons (Fsp3) is 0.917. The van der Waals surface area contributed by atoms with Gasteiger partial charge in [0.2, 0.25) is 5.91 Å². The van der Waals surface area contributed by atoms with Gasteiger partial charge in [-0.15, -0.1) is 12.4 Å². The number of piperidine rings is 1. The first-order valence-electron chi connectivity index (χ1n) is 6.19. The minimum atomic E-state index is 0. The third-order valence-corrected chi connectivity index (χ3v) is 3.09. The molecule has 0 spiro atoms. The molecule has 0 aromatic heterocycles. The molecule has 0 bridgehead atoms. The Balaban J connectivity index is 0.00000256. The third-order valence-electron chi connectivity index (χ3n) is 3.09. The molecule has 1 aliphatic rings. The van der Waals surface area contributed by atoms with Gasteiger partial charge < -0.3 is 15.0 Å². The summed E-state index contributed by atoms with van der Waals surface area (Å²) >= 11 is 0. The normalized spacial score (nSPS) is 19.9. The molecule has 0 aromatic rings. The van der Waals surface area contributed by atoms with Crippen molar-refractivity contribution in [1.29, 1.82) is 0 Å². The Labute approximate surface area is 110 Å². The number of rotatable bonds is 6. The van der Waals surface area contributed by atoms with Gasteiger partial charge in [-0.1, -0.05) is 0 Å². The van der Waals surface area contributed by atoms with Gasteiger partial charge in [0.05, 0.1) is 6.61 Å². The van der Waals surface area contributed by atoms with Crippen LogP contribution in [0.4, 0.5) is 0 Å². The number of hydrogen-bond donors (Lipinski definition) is 1. The highest BCUT2D eigenvalue weighted by molar-refractivity contribution is 5.85. The summed E-state index contributed by atoms with van der Waals surface area (Å²) in [7, 11) is 3.65. The van der Waals surface area contributed by atoms with E-state index in [4.69, 9.17) is 4.74 Å². The van der Waals surface area contributed by atoms with Crippen molar-refractivity contribution in [2.75, 3.05) is 40.4 Å². The molecule has 17 heavy (non-hydrogen) atoms. The number of carbonyl (C=O) groups excluding carboxylic acids is 1. The lowest BCUT2D eigenvalue weighted by Crippen LogP contribution is -2.41. The predicted octanol–water partition coefficient (Wildman–Crippen LogP) is 1.29. The fourth-order valence-corrected chi connectivity index (χ4v) is 2.24. The maximum absolute atomic E-state index is 11.9. The molecular weight excluding hydrogens is 240 g/mol. The van der Waals surface area contributed by atoms with Crippen LogP contribution < -0.4 is 5.32 Å². The number of methoxy groups -OCH3 is 1. The number of ether oxygens (including phenoxy) is 1. The minimum Gasteiger partial charge on any atom is -0.384 e. The largest absolute Gasteiger partial charge is 0.384 e. The Morgan fingerprint density at radius 2 is 2.29 bits per heavy atom. The standard InChI is InChI=1S/C12H24N2O2.ClH/c1-13-7-3-6-12(15)14-8-4-5-11(9-14)10-16-2;/h11,13H,3-10H2,1-2H3;1H. The molecule has 0 aliphatic carbocycles. The number of halogens is 1. The molecule has 1 N–H and O–H groups in total.